The van der Waals surface area contributed by atoms with Crippen LogP contribution in [0.4, 0.5) is 23.0 Å². The SMILES string of the molecule is CC(C)NC(=O)c1cc(C#N)c(Nc2ccc3c(c2)CCNC3)nc1Nc1ccnc(C(C)(C)C)c1. The van der Waals surface area contributed by atoms with Crippen molar-refractivity contribution in [2.24, 2.45) is 0 Å². The first-order valence-electron chi connectivity index (χ1n) is 12.2. The van der Waals surface area contributed by atoms with Crippen molar-refractivity contribution in [3.05, 3.63) is 70.5 Å². The summed E-state index contributed by atoms with van der Waals surface area (Å²) in [5, 5.41) is 22.8. The zero-order valence-electron chi connectivity index (χ0n) is 21.5. The van der Waals surface area contributed by atoms with Gasteiger partial charge in [0.1, 0.15) is 11.9 Å². The van der Waals surface area contributed by atoms with Crippen molar-refractivity contribution in [1.29, 1.82) is 5.26 Å². The van der Waals surface area contributed by atoms with Crippen molar-refractivity contribution in [2.75, 3.05) is 17.2 Å². The number of nitrogens with zero attached hydrogens (tertiary/aromatic N) is 3. The van der Waals surface area contributed by atoms with Crippen molar-refractivity contribution in [2.45, 2.75) is 59.0 Å². The lowest BCUT2D eigenvalue weighted by Crippen LogP contribution is -2.31. The zero-order chi connectivity index (χ0) is 25.9. The quantitative estimate of drug-likeness (QED) is 0.393. The molecule has 36 heavy (non-hydrogen) atoms. The average Bonchev–Trinajstić information content (AvgIpc) is 2.83. The van der Waals surface area contributed by atoms with Crippen LogP contribution in [-0.4, -0.2) is 28.5 Å². The van der Waals surface area contributed by atoms with E-state index in [2.05, 4.69) is 65.2 Å². The minimum Gasteiger partial charge on any atom is -0.350 e. The molecule has 0 radical (unpaired) electrons. The standard InChI is InChI=1S/C28H33N7O/c1-17(2)32-27(36)23-13-20(15-29)25(33-21-7-6-19-16-30-10-8-18(19)12-21)35-26(23)34-22-9-11-31-24(14-22)28(3,4)5/h6-7,9,11-14,17,30H,8,10,16H2,1-5H3,(H,32,36)(H2,31,33,34,35). The summed E-state index contributed by atoms with van der Waals surface area (Å²) in [5.74, 6) is 0.456. The smallest absolute Gasteiger partial charge is 0.255 e. The molecule has 1 aliphatic rings. The van der Waals surface area contributed by atoms with Crippen molar-refractivity contribution >= 4 is 28.9 Å². The molecule has 0 saturated heterocycles. The lowest BCUT2D eigenvalue weighted by Gasteiger charge is -2.20. The Morgan fingerprint density at radius 3 is 2.53 bits per heavy atom. The molecule has 8 heteroatoms. The van der Waals surface area contributed by atoms with Crippen LogP contribution in [-0.2, 0) is 18.4 Å². The van der Waals surface area contributed by atoms with Crippen LogP contribution in [0.1, 0.15) is 67.4 Å². The average molecular weight is 484 g/mol. The molecule has 4 N–H and O–H groups in total. The largest absolute Gasteiger partial charge is 0.350 e. The maximum atomic E-state index is 13.1. The van der Waals surface area contributed by atoms with Gasteiger partial charge in [-0.15, -0.1) is 0 Å². The highest BCUT2D eigenvalue weighted by Gasteiger charge is 2.21. The van der Waals surface area contributed by atoms with Gasteiger partial charge in [0, 0.05) is 41.3 Å². The molecule has 0 unspecified atom stereocenters. The minimum atomic E-state index is -0.297. The summed E-state index contributed by atoms with van der Waals surface area (Å²) in [5.41, 5.74) is 5.53. The monoisotopic (exact) mass is 483 g/mol. The predicted molar refractivity (Wildman–Crippen MR) is 143 cm³/mol. The number of hydrogen-bond donors (Lipinski definition) is 4. The van der Waals surface area contributed by atoms with E-state index in [0.717, 1.165) is 36.6 Å². The van der Waals surface area contributed by atoms with Crippen molar-refractivity contribution in [3.63, 3.8) is 0 Å². The number of carbonyl (C=O) groups is 1. The third kappa shape index (κ3) is 5.81. The minimum absolute atomic E-state index is 0.0629. The molecular weight excluding hydrogens is 450 g/mol. The Hall–Kier alpha value is -3.96. The van der Waals surface area contributed by atoms with Crippen LogP contribution in [0.25, 0.3) is 0 Å². The Labute approximate surface area is 212 Å². The molecule has 8 nitrogen and oxygen atoms in total. The van der Waals surface area contributed by atoms with E-state index in [1.54, 1.807) is 12.3 Å². The Morgan fingerprint density at radius 2 is 1.81 bits per heavy atom. The maximum absolute atomic E-state index is 13.1. The summed E-state index contributed by atoms with van der Waals surface area (Å²) in [6.45, 7) is 11.9. The molecule has 0 fully saturated rings. The fraction of sp³-hybridized carbons (Fsp3) is 0.357. The molecule has 186 valence electrons. The van der Waals surface area contributed by atoms with Crippen LogP contribution in [0.2, 0.25) is 0 Å². The topological polar surface area (TPSA) is 115 Å². The summed E-state index contributed by atoms with van der Waals surface area (Å²) < 4.78 is 0. The van der Waals surface area contributed by atoms with Crippen LogP contribution in [0.3, 0.4) is 0 Å². The highest BCUT2D eigenvalue weighted by Crippen LogP contribution is 2.29. The van der Waals surface area contributed by atoms with E-state index < -0.39 is 0 Å². The van der Waals surface area contributed by atoms with Crippen molar-refractivity contribution < 1.29 is 4.79 Å². The normalized spacial score (nSPS) is 13.0. The summed E-state index contributed by atoms with van der Waals surface area (Å²) >= 11 is 0. The first kappa shape index (κ1) is 25.1. The number of fused-ring (bicyclic) bond motifs is 1. The lowest BCUT2D eigenvalue weighted by atomic mass is 9.91. The van der Waals surface area contributed by atoms with Crippen LogP contribution in [0, 0.1) is 11.3 Å². The predicted octanol–water partition coefficient (Wildman–Crippen LogP) is 4.92. The van der Waals surface area contributed by atoms with Crippen molar-refractivity contribution in [1.82, 2.24) is 20.6 Å². The third-order valence-corrected chi connectivity index (χ3v) is 5.95. The first-order valence-corrected chi connectivity index (χ1v) is 12.2. The second-order valence-electron chi connectivity index (χ2n) is 10.4. The maximum Gasteiger partial charge on any atom is 0.255 e. The summed E-state index contributed by atoms with van der Waals surface area (Å²) in [6, 6.07) is 13.7. The number of nitriles is 1. The summed E-state index contributed by atoms with van der Waals surface area (Å²) in [4.78, 5) is 22.3. The molecule has 3 aromatic rings. The molecular formula is C28H33N7O. The van der Waals surface area contributed by atoms with Crippen LogP contribution in [0.15, 0.2) is 42.6 Å². The van der Waals surface area contributed by atoms with Gasteiger partial charge < -0.3 is 21.3 Å². The Kier molecular flexibility index (Phi) is 7.22. The van der Waals surface area contributed by atoms with Crippen molar-refractivity contribution in [3.8, 4) is 6.07 Å². The zero-order valence-corrected chi connectivity index (χ0v) is 21.5. The van der Waals surface area contributed by atoms with E-state index in [0.29, 0.717) is 22.8 Å². The second kappa shape index (κ2) is 10.3. The van der Waals surface area contributed by atoms with Gasteiger partial charge in [-0.2, -0.15) is 5.26 Å². The molecule has 2 aromatic heterocycles. The molecule has 0 aliphatic carbocycles. The van der Waals surface area contributed by atoms with Gasteiger partial charge in [-0.05, 0) is 68.3 Å². The Balaban J connectivity index is 1.74. The van der Waals surface area contributed by atoms with Gasteiger partial charge in [0.15, 0.2) is 5.82 Å². The molecule has 0 atom stereocenters. The second-order valence-corrected chi connectivity index (χ2v) is 10.4. The van der Waals surface area contributed by atoms with E-state index in [1.807, 2.05) is 32.0 Å². The van der Waals surface area contributed by atoms with Gasteiger partial charge in [0.25, 0.3) is 5.91 Å². The van der Waals surface area contributed by atoms with Gasteiger partial charge in [0.05, 0.1) is 11.1 Å². The summed E-state index contributed by atoms with van der Waals surface area (Å²) in [7, 11) is 0. The molecule has 1 amide bonds. The Morgan fingerprint density at radius 1 is 1.06 bits per heavy atom. The van der Waals surface area contributed by atoms with Crippen LogP contribution >= 0.6 is 0 Å². The molecule has 3 heterocycles. The molecule has 4 rings (SSSR count). The number of benzene rings is 1. The van der Waals surface area contributed by atoms with Gasteiger partial charge in [0.2, 0.25) is 0 Å². The van der Waals surface area contributed by atoms with E-state index in [1.165, 1.54) is 11.1 Å². The number of carbonyl (C=O) groups excluding carboxylic acids is 1. The van der Waals surface area contributed by atoms with E-state index in [4.69, 9.17) is 4.98 Å². The number of amides is 1. The number of anilines is 4. The fourth-order valence-electron chi connectivity index (χ4n) is 4.05. The summed E-state index contributed by atoms with van der Waals surface area (Å²) in [6.07, 6.45) is 2.68. The highest BCUT2D eigenvalue weighted by atomic mass is 16.1. The van der Waals surface area contributed by atoms with Gasteiger partial charge >= 0.3 is 0 Å². The molecule has 1 aromatic carbocycles. The number of nitrogens with one attached hydrogen (secondary N) is 4. The van der Waals surface area contributed by atoms with Crippen LogP contribution < -0.4 is 21.3 Å². The number of hydrogen-bond acceptors (Lipinski definition) is 7. The van der Waals surface area contributed by atoms with Crippen LogP contribution in [0.5, 0.6) is 0 Å². The highest BCUT2D eigenvalue weighted by molar-refractivity contribution is 6.00. The molecule has 0 bridgehead atoms. The molecule has 0 spiro atoms. The van der Waals surface area contributed by atoms with Gasteiger partial charge in [-0.25, -0.2) is 4.98 Å². The van der Waals surface area contributed by atoms with Gasteiger partial charge in [-0.1, -0.05) is 26.8 Å². The first-order chi connectivity index (χ1) is 17.1. The lowest BCUT2D eigenvalue weighted by molar-refractivity contribution is 0.0943. The van der Waals surface area contributed by atoms with E-state index >= 15 is 0 Å². The fourth-order valence-corrected chi connectivity index (χ4v) is 4.05. The van der Waals surface area contributed by atoms with Gasteiger partial charge in [-0.3, -0.25) is 9.78 Å². The Bertz CT molecular complexity index is 1320. The van der Waals surface area contributed by atoms with E-state index in [9.17, 15) is 10.1 Å². The number of pyridine rings is 2. The third-order valence-electron chi connectivity index (χ3n) is 5.95. The molecule has 0 saturated carbocycles. The van der Waals surface area contributed by atoms with E-state index in [-0.39, 0.29) is 17.4 Å². The number of aromatic nitrogens is 2. The number of rotatable bonds is 6. The molecule has 1 aliphatic heterocycles.